The Morgan fingerprint density at radius 3 is 1.96 bits per heavy atom. The van der Waals surface area contributed by atoms with Crippen molar-refractivity contribution < 1.29 is 19.1 Å². The highest BCUT2D eigenvalue weighted by atomic mass is 16.5. The normalized spacial score (nSPS) is 12.8. The van der Waals surface area contributed by atoms with E-state index in [4.69, 9.17) is 0 Å². The van der Waals surface area contributed by atoms with E-state index in [1.165, 1.54) is 7.11 Å². The Morgan fingerprint density at radius 1 is 0.893 bits per heavy atom. The van der Waals surface area contributed by atoms with E-state index in [2.05, 4.69) is 10.1 Å². The number of esters is 1. The van der Waals surface area contributed by atoms with E-state index in [1.807, 2.05) is 67.6 Å². The van der Waals surface area contributed by atoms with Gasteiger partial charge in [0.1, 0.15) is 0 Å². The van der Waals surface area contributed by atoms with Gasteiger partial charge in [-0.2, -0.15) is 0 Å². The average molecular weight is 380 g/mol. The smallest absolute Gasteiger partial charge is 0.330 e. The van der Waals surface area contributed by atoms with E-state index in [9.17, 15) is 14.4 Å². The van der Waals surface area contributed by atoms with Gasteiger partial charge in [0.25, 0.3) is 5.91 Å². The summed E-state index contributed by atoms with van der Waals surface area (Å²) in [5.41, 5.74) is 1.71. The maximum Gasteiger partial charge on any atom is 0.330 e. The maximum atomic E-state index is 12.9. The van der Waals surface area contributed by atoms with Crippen molar-refractivity contribution in [3.8, 4) is 0 Å². The number of carbonyl (C=O) groups excluding carboxylic acids is 3. The lowest BCUT2D eigenvalue weighted by molar-refractivity contribution is -0.135. The molecular weight excluding hydrogens is 356 g/mol. The molecule has 2 aromatic carbocycles. The average Bonchev–Trinajstić information content (AvgIpc) is 2.73. The predicted octanol–water partition coefficient (Wildman–Crippen LogP) is 3.78. The molecular formula is C22H24N2O4. The van der Waals surface area contributed by atoms with Gasteiger partial charge in [-0.15, -0.1) is 0 Å². The third-order valence-electron chi connectivity index (χ3n) is 4.33. The largest absolute Gasteiger partial charge is 0.466 e. The second-order valence-electron chi connectivity index (χ2n) is 6.23. The summed E-state index contributed by atoms with van der Waals surface area (Å²) in [6.45, 7) is 3.60. The van der Waals surface area contributed by atoms with Crippen LogP contribution in [0.2, 0.25) is 0 Å². The first-order valence-corrected chi connectivity index (χ1v) is 8.93. The molecule has 0 aromatic heterocycles. The molecule has 6 nitrogen and oxygen atoms in total. The lowest BCUT2D eigenvalue weighted by atomic mass is 10.1. The molecule has 0 bridgehead atoms. The third-order valence-corrected chi connectivity index (χ3v) is 4.33. The first-order chi connectivity index (χ1) is 13.4. The van der Waals surface area contributed by atoms with Crippen LogP contribution in [-0.4, -0.2) is 29.9 Å². The Bertz CT molecular complexity index is 834. The topological polar surface area (TPSA) is 75.7 Å². The Morgan fingerprint density at radius 2 is 1.43 bits per heavy atom. The number of hydrogen-bond donors (Lipinski definition) is 1. The molecule has 0 saturated heterocycles. The summed E-state index contributed by atoms with van der Waals surface area (Å²) in [6, 6.07) is 17.3. The van der Waals surface area contributed by atoms with Crippen molar-refractivity contribution >= 4 is 17.9 Å². The van der Waals surface area contributed by atoms with Crippen LogP contribution < -0.4 is 5.32 Å². The minimum Gasteiger partial charge on any atom is -0.466 e. The molecule has 2 aromatic rings. The highest BCUT2D eigenvalue weighted by Gasteiger charge is 2.27. The lowest BCUT2D eigenvalue weighted by Crippen LogP contribution is -2.45. The van der Waals surface area contributed by atoms with Crippen LogP contribution in [0.1, 0.15) is 37.1 Å². The molecule has 0 aliphatic carbocycles. The predicted molar refractivity (Wildman–Crippen MR) is 106 cm³/mol. The van der Waals surface area contributed by atoms with E-state index in [0.29, 0.717) is 0 Å². The summed E-state index contributed by atoms with van der Waals surface area (Å²) in [6.07, 6.45) is 2.04. The number of urea groups is 1. The molecule has 0 radical (unpaired) electrons. The summed E-state index contributed by atoms with van der Waals surface area (Å²) < 4.78 is 4.51. The van der Waals surface area contributed by atoms with Gasteiger partial charge in [-0.3, -0.25) is 9.69 Å². The van der Waals surface area contributed by atoms with Gasteiger partial charge in [0.15, 0.2) is 0 Å². The van der Waals surface area contributed by atoms with E-state index >= 15 is 0 Å². The number of benzene rings is 2. The van der Waals surface area contributed by atoms with E-state index < -0.39 is 23.9 Å². The fourth-order valence-corrected chi connectivity index (χ4v) is 2.71. The summed E-state index contributed by atoms with van der Waals surface area (Å²) in [5, 5.41) is 2.85. The van der Waals surface area contributed by atoms with Crippen LogP contribution in [0.15, 0.2) is 72.8 Å². The van der Waals surface area contributed by atoms with Gasteiger partial charge < -0.3 is 10.1 Å². The van der Waals surface area contributed by atoms with Crippen LogP contribution >= 0.6 is 0 Å². The standard InChI is InChI=1S/C22H24N2O4/c1-16(18-10-6-4-7-11-18)23-22(27)24(20(25)14-15-21(26)28-3)17(2)19-12-8-5-9-13-19/h4-17H,1-3H3,(H,23,27)/b15-14-/t16-,17-/m0/s1. The first-order valence-electron chi connectivity index (χ1n) is 8.93. The maximum absolute atomic E-state index is 12.9. The van der Waals surface area contributed by atoms with Gasteiger partial charge in [-0.1, -0.05) is 60.7 Å². The quantitative estimate of drug-likeness (QED) is 0.611. The Balaban J connectivity index is 2.26. The van der Waals surface area contributed by atoms with Gasteiger partial charge in [0.2, 0.25) is 0 Å². The SMILES string of the molecule is COC(=O)/C=C\C(=O)N(C(=O)N[C@@H](C)c1ccccc1)[C@@H](C)c1ccccc1. The molecule has 0 aliphatic rings. The Kier molecular flexibility index (Phi) is 7.51. The molecule has 3 amide bonds. The molecule has 1 N–H and O–H groups in total. The summed E-state index contributed by atoms with van der Waals surface area (Å²) in [7, 11) is 1.22. The summed E-state index contributed by atoms with van der Waals surface area (Å²) >= 11 is 0. The lowest BCUT2D eigenvalue weighted by Gasteiger charge is -2.28. The van der Waals surface area contributed by atoms with Crippen LogP contribution in [0, 0.1) is 0 Å². The Labute approximate surface area is 164 Å². The molecule has 2 rings (SSSR count). The number of methoxy groups -OCH3 is 1. The number of amides is 3. The molecule has 146 valence electrons. The number of imide groups is 1. The minimum atomic E-state index is -0.668. The van der Waals surface area contributed by atoms with E-state index in [0.717, 1.165) is 28.2 Å². The number of rotatable bonds is 6. The first kappa shape index (κ1) is 20.9. The van der Waals surface area contributed by atoms with Gasteiger partial charge >= 0.3 is 12.0 Å². The molecule has 2 atom stereocenters. The van der Waals surface area contributed by atoms with Crippen molar-refractivity contribution in [3.63, 3.8) is 0 Å². The van der Waals surface area contributed by atoms with Crippen molar-refractivity contribution in [1.82, 2.24) is 10.2 Å². The second-order valence-corrected chi connectivity index (χ2v) is 6.23. The van der Waals surface area contributed by atoms with Crippen molar-refractivity contribution in [3.05, 3.63) is 83.9 Å². The molecule has 0 unspecified atom stereocenters. The van der Waals surface area contributed by atoms with Crippen molar-refractivity contribution in [2.45, 2.75) is 25.9 Å². The van der Waals surface area contributed by atoms with Crippen LogP contribution in [0.5, 0.6) is 0 Å². The monoisotopic (exact) mass is 380 g/mol. The molecule has 0 aliphatic heterocycles. The number of carbonyl (C=O) groups is 3. The summed E-state index contributed by atoms with van der Waals surface area (Å²) in [5.74, 6) is -1.28. The van der Waals surface area contributed by atoms with Crippen LogP contribution in [0.3, 0.4) is 0 Å². The fourth-order valence-electron chi connectivity index (χ4n) is 2.71. The van der Waals surface area contributed by atoms with Crippen LogP contribution in [-0.2, 0) is 14.3 Å². The molecule has 0 fully saturated rings. The van der Waals surface area contributed by atoms with Gasteiger partial charge in [-0.25, -0.2) is 9.59 Å². The highest BCUT2D eigenvalue weighted by Crippen LogP contribution is 2.22. The van der Waals surface area contributed by atoms with Crippen LogP contribution in [0.4, 0.5) is 4.79 Å². The zero-order chi connectivity index (χ0) is 20.5. The highest BCUT2D eigenvalue weighted by molar-refractivity contribution is 6.03. The van der Waals surface area contributed by atoms with Crippen molar-refractivity contribution in [2.24, 2.45) is 0 Å². The Hall–Kier alpha value is -3.41. The van der Waals surface area contributed by atoms with Crippen molar-refractivity contribution in [1.29, 1.82) is 0 Å². The minimum absolute atomic E-state index is 0.295. The molecule has 6 heteroatoms. The molecule has 0 spiro atoms. The third kappa shape index (κ3) is 5.54. The zero-order valence-corrected chi connectivity index (χ0v) is 16.2. The van der Waals surface area contributed by atoms with E-state index in [1.54, 1.807) is 6.92 Å². The molecule has 0 saturated carbocycles. The van der Waals surface area contributed by atoms with Gasteiger partial charge in [-0.05, 0) is 25.0 Å². The van der Waals surface area contributed by atoms with Gasteiger partial charge in [0.05, 0.1) is 19.2 Å². The number of ether oxygens (including phenoxy) is 1. The van der Waals surface area contributed by atoms with Crippen LogP contribution in [0.25, 0.3) is 0 Å². The van der Waals surface area contributed by atoms with E-state index in [-0.39, 0.29) is 6.04 Å². The number of hydrogen-bond acceptors (Lipinski definition) is 4. The molecule has 0 heterocycles. The second kappa shape index (κ2) is 10.1. The fraction of sp³-hybridized carbons (Fsp3) is 0.227. The number of nitrogens with zero attached hydrogens (tertiary/aromatic N) is 1. The molecule has 28 heavy (non-hydrogen) atoms. The van der Waals surface area contributed by atoms with Gasteiger partial charge in [0, 0.05) is 12.2 Å². The van der Waals surface area contributed by atoms with Crippen molar-refractivity contribution in [2.75, 3.05) is 7.11 Å². The summed E-state index contributed by atoms with van der Waals surface area (Å²) in [4.78, 5) is 38.1. The zero-order valence-electron chi connectivity index (χ0n) is 16.2. The number of nitrogens with one attached hydrogen (secondary N) is 1.